The molecule has 0 spiro atoms. The maximum absolute atomic E-state index is 12.0. The number of nitrogens with one attached hydrogen (secondary N) is 1. The first-order chi connectivity index (χ1) is 7.97. The zero-order valence-electron chi connectivity index (χ0n) is 12.1. The fourth-order valence-corrected chi connectivity index (χ4v) is 1.83. The molecule has 0 heterocycles. The molecular formula is C13H29ClN2O2. The standard InChI is InChI=1S/C13H28N2O2.ClH/c1-5-7-8-11(10-17-4)15-12(16)13(3,14)9-6-2;/h11H,5-10,14H2,1-4H3,(H,15,16);1H. The number of carbonyl (C=O) groups excluding carboxylic acids is 1. The molecule has 3 N–H and O–H groups in total. The molecule has 2 unspecified atom stereocenters. The zero-order valence-corrected chi connectivity index (χ0v) is 12.9. The van der Waals surface area contributed by atoms with Crippen molar-refractivity contribution < 1.29 is 9.53 Å². The average molecular weight is 281 g/mol. The Balaban J connectivity index is 0. The Kier molecular flexibility index (Phi) is 11.8. The molecule has 0 aromatic rings. The molecule has 0 aromatic carbocycles. The van der Waals surface area contributed by atoms with Crippen molar-refractivity contribution in [2.24, 2.45) is 5.73 Å². The molecular weight excluding hydrogens is 252 g/mol. The van der Waals surface area contributed by atoms with Crippen molar-refractivity contribution in [2.45, 2.75) is 64.5 Å². The summed E-state index contributed by atoms with van der Waals surface area (Å²) < 4.78 is 5.12. The molecule has 0 fully saturated rings. The first kappa shape index (κ1) is 20.0. The molecule has 0 radical (unpaired) electrons. The summed E-state index contributed by atoms with van der Waals surface area (Å²) in [7, 11) is 1.65. The Morgan fingerprint density at radius 3 is 2.44 bits per heavy atom. The highest BCUT2D eigenvalue weighted by Gasteiger charge is 2.28. The van der Waals surface area contributed by atoms with E-state index in [4.69, 9.17) is 10.5 Å². The van der Waals surface area contributed by atoms with Gasteiger partial charge in [-0.2, -0.15) is 0 Å². The highest BCUT2D eigenvalue weighted by atomic mass is 35.5. The van der Waals surface area contributed by atoms with Gasteiger partial charge >= 0.3 is 0 Å². The number of halogens is 1. The molecule has 0 aromatic heterocycles. The van der Waals surface area contributed by atoms with Crippen molar-refractivity contribution >= 4 is 18.3 Å². The van der Waals surface area contributed by atoms with Gasteiger partial charge in [-0.3, -0.25) is 4.79 Å². The maximum atomic E-state index is 12.0. The molecule has 0 aliphatic rings. The van der Waals surface area contributed by atoms with E-state index in [1.807, 2.05) is 6.92 Å². The fraction of sp³-hybridized carbons (Fsp3) is 0.923. The largest absolute Gasteiger partial charge is 0.383 e. The van der Waals surface area contributed by atoms with Crippen LogP contribution < -0.4 is 11.1 Å². The van der Waals surface area contributed by atoms with Crippen molar-refractivity contribution in [3.63, 3.8) is 0 Å². The van der Waals surface area contributed by atoms with Crippen LogP contribution in [0.4, 0.5) is 0 Å². The smallest absolute Gasteiger partial charge is 0.240 e. The molecule has 0 bridgehead atoms. The van der Waals surface area contributed by atoms with E-state index in [-0.39, 0.29) is 24.4 Å². The van der Waals surface area contributed by atoms with Gasteiger partial charge in [0.25, 0.3) is 0 Å². The van der Waals surface area contributed by atoms with E-state index in [1.54, 1.807) is 14.0 Å². The van der Waals surface area contributed by atoms with E-state index < -0.39 is 5.54 Å². The fourth-order valence-electron chi connectivity index (χ4n) is 1.83. The van der Waals surface area contributed by atoms with Gasteiger partial charge in [-0.25, -0.2) is 0 Å². The average Bonchev–Trinajstić information content (AvgIpc) is 2.26. The monoisotopic (exact) mass is 280 g/mol. The quantitative estimate of drug-likeness (QED) is 0.681. The second-order valence-corrected chi connectivity index (χ2v) is 4.94. The van der Waals surface area contributed by atoms with E-state index in [0.717, 1.165) is 25.7 Å². The number of ether oxygens (including phenoxy) is 1. The van der Waals surface area contributed by atoms with Crippen LogP contribution in [0.5, 0.6) is 0 Å². The van der Waals surface area contributed by atoms with Crippen LogP contribution in [0.1, 0.15) is 52.9 Å². The predicted molar refractivity (Wildman–Crippen MR) is 78.1 cm³/mol. The molecule has 1 amide bonds. The lowest BCUT2D eigenvalue weighted by Crippen LogP contribution is -2.54. The zero-order chi connectivity index (χ0) is 13.3. The van der Waals surface area contributed by atoms with Crippen molar-refractivity contribution in [2.75, 3.05) is 13.7 Å². The molecule has 0 aliphatic carbocycles. The minimum absolute atomic E-state index is 0. The number of unbranched alkanes of at least 4 members (excludes halogenated alkanes) is 1. The van der Waals surface area contributed by atoms with E-state index in [1.165, 1.54) is 0 Å². The molecule has 18 heavy (non-hydrogen) atoms. The van der Waals surface area contributed by atoms with E-state index in [9.17, 15) is 4.79 Å². The third-order valence-electron chi connectivity index (χ3n) is 2.90. The molecule has 5 heteroatoms. The van der Waals surface area contributed by atoms with Crippen LogP contribution in [0.25, 0.3) is 0 Å². The third-order valence-corrected chi connectivity index (χ3v) is 2.90. The normalized spacial score (nSPS) is 15.4. The van der Waals surface area contributed by atoms with Crippen LogP contribution in [0, 0.1) is 0 Å². The van der Waals surface area contributed by atoms with E-state index >= 15 is 0 Å². The highest BCUT2D eigenvalue weighted by Crippen LogP contribution is 2.10. The number of hydrogen-bond donors (Lipinski definition) is 2. The van der Waals surface area contributed by atoms with Crippen LogP contribution in [0.3, 0.4) is 0 Å². The maximum Gasteiger partial charge on any atom is 0.240 e. The van der Waals surface area contributed by atoms with E-state index in [0.29, 0.717) is 13.0 Å². The number of rotatable bonds is 9. The number of amides is 1. The summed E-state index contributed by atoms with van der Waals surface area (Å²) in [5.74, 6) is -0.0718. The number of hydrogen-bond acceptors (Lipinski definition) is 3. The minimum atomic E-state index is -0.771. The van der Waals surface area contributed by atoms with Gasteiger partial charge < -0.3 is 15.8 Å². The van der Waals surface area contributed by atoms with Gasteiger partial charge in [0.15, 0.2) is 0 Å². The first-order valence-corrected chi connectivity index (χ1v) is 6.56. The van der Waals surface area contributed by atoms with Crippen molar-refractivity contribution in [1.29, 1.82) is 0 Å². The summed E-state index contributed by atoms with van der Waals surface area (Å²) in [6, 6.07) is 0.0761. The Hall–Kier alpha value is -0.320. The summed E-state index contributed by atoms with van der Waals surface area (Å²) in [6.45, 7) is 6.50. The Morgan fingerprint density at radius 2 is 2.00 bits per heavy atom. The lowest BCUT2D eigenvalue weighted by atomic mass is 9.96. The number of methoxy groups -OCH3 is 1. The van der Waals surface area contributed by atoms with Crippen LogP contribution >= 0.6 is 12.4 Å². The van der Waals surface area contributed by atoms with Crippen LogP contribution in [0.2, 0.25) is 0 Å². The lowest BCUT2D eigenvalue weighted by Gasteiger charge is -2.26. The molecule has 0 saturated heterocycles. The molecule has 0 aliphatic heterocycles. The topological polar surface area (TPSA) is 64.3 Å². The Bertz CT molecular complexity index is 223. The minimum Gasteiger partial charge on any atom is -0.383 e. The van der Waals surface area contributed by atoms with Crippen molar-refractivity contribution in [3.05, 3.63) is 0 Å². The summed E-state index contributed by atoms with van der Waals surface area (Å²) in [6.07, 6.45) is 4.75. The summed E-state index contributed by atoms with van der Waals surface area (Å²) in [4.78, 5) is 12.0. The summed E-state index contributed by atoms with van der Waals surface area (Å²) in [5, 5.41) is 2.99. The number of carbonyl (C=O) groups is 1. The third kappa shape index (κ3) is 7.90. The van der Waals surface area contributed by atoms with Gasteiger partial charge in [0.2, 0.25) is 5.91 Å². The van der Waals surface area contributed by atoms with Gasteiger partial charge in [0.1, 0.15) is 0 Å². The second-order valence-electron chi connectivity index (χ2n) is 4.94. The molecule has 0 rings (SSSR count). The molecule has 4 nitrogen and oxygen atoms in total. The van der Waals surface area contributed by atoms with E-state index in [2.05, 4.69) is 12.2 Å². The molecule has 2 atom stereocenters. The van der Waals surface area contributed by atoms with Crippen LogP contribution in [-0.4, -0.2) is 31.2 Å². The van der Waals surface area contributed by atoms with Gasteiger partial charge in [-0.1, -0.05) is 33.1 Å². The van der Waals surface area contributed by atoms with Gasteiger partial charge in [0, 0.05) is 7.11 Å². The SMILES string of the molecule is CCCCC(COC)NC(=O)C(C)(N)CCC.Cl. The predicted octanol–water partition coefficient (Wildman–Crippen LogP) is 2.25. The Labute approximate surface area is 117 Å². The summed E-state index contributed by atoms with van der Waals surface area (Å²) >= 11 is 0. The first-order valence-electron chi connectivity index (χ1n) is 6.56. The lowest BCUT2D eigenvalue weighted by molar-refractivity contribution is -0.127. The molecule has 110 valence electrons. The van der Waals surface area contributed by atoms with Crippen molar-refractivity contribution in [1.82, 2.24) is 5.32 Å². The van der Waals surface area contributed by atoms with Gasteiger partial charge in [-0.15, -0.1) is 12.4 Å². The van der Waals surface area contributed by atoms with Gasteiger partial charge in [0.05, 0.1) is 18.2 Å². The van der Waals surface area contributed by atoms with Crippen molar-refractivity contribution in [3.8, 4) is 0 Å². The molecule has 0 saturated carbocycles. The van der Waals surface area contributed by atoms with Gasteiger partial charge in [-0.05, 0) is 19.8 Å². The second kappa shape index (κ2) is 10.6. The highest BCUT2D eigenvalue weighted by molar-refractivity contribution is 5.86. The summed E-state index contributed by atoms with van der Waals surface area (Å²) in [5.41, 5.74) is 5.22. The number of nitrogens with two attached hydrogens (primary N) is 1. The Morgan fingerprint density at radius 1 is 1.39 bits per heavy atom. The van der Waals surface area contributed by atoms with Crippen LogP contribution in [-0.2, 0) is 9.53 Å². The van der Waals surface area contributed by atoms with Crippen LogP contribution in [0.15, 0.2) is 0 Å².